The van der Waals surface area contributed by atoms with Crippen LogP contribution >= 0.6 is 11.8 Å². The van der Waals surface area contributed by atoms with Gasteiger partial charge >= 0.3 is 5.97 Å². The van der Waals surface area contributed by atoms with E-state index in [1.807, 2.05) is 37.5 Å². The molecule has 0 atom stereocenters. The first-order chi connectivity index (χ1) is 10.1. The second kappa shape index (κ2) is 7.21. The van der Waals surface area contributed by atoms with E-state index in [1.165, 1.54) is 11.8 Å². The maximum atomic E-state index is 11.6. The summed E-state index contributed by atoms with van der Waals surface area (Å²) in [5, 5.41) is 9.06. The zero-order chi connectivity index (χ0) is 15.2. The molecule has 0 aliphatic carbocycles. The fraction of sp³-hybridized carbons (Fsp3) is 0.429. The van der Waals surface area contributed by atoms with Crippen molar-refractivity contribution < 1.29 is 9.53 Å². The van der Waals surface area contributed by atoms with Crippen molar-refractivity contribution in [2.45, 2.75) is 38.6 Å². The Balaban J connectivity index is 2.11. The van der Waals surface area contributed by atoms with Gasteiger partial charge in [-0.2, -0.15) is 0 Å². The van der Waals surface area contributed by atoms with Crippen LogP contribution in [0, 0.1) is 0 Å². The molecule has 2 rings (SSSR count). The maximum absolute atomic E-state index is 11.6. The van der Waals surface area contributed by atoms with Crippen molar-refractivity contribution in [1.82, 2.24) is 19.7 Å². The molecule has 0 saturated carbocycles. The number of esters is 1. The SMILES string of the molecule is CCn1c(SCC(=O)OC(C)C)nnc1-c1cccnc1. The standard InChI is InChI=1S/C14H18N4O2S/c1-4-18-13(11-6-5-7-15-8-11)16-17-14(18)21-9-12(19)20-10(2)3/h5-8,10H,4,9H2,1-3H3. The average Bonchev–Trinajstić information content (AvgIpc) is 2.88. The number of pyridine rings is 1. The minimum Gasteiger partial charge on any atom is -0.462 e. The van der Waals surface area contributed by atoms with Gasteiger partial charge in [0, 0.05) is 24.5 Å². The zero-order valence-electron chi connectivity index (χ0n) is 12.3. The van der Waals surface area contributed by atoms with Gasteiger partial charge in [0.1, 0.15) is 0 Å². The van der Waals surface area contributed by atoms with Crippen molar-refractivity contribution in [3.63, 3.8) is 0 Å². The van der Waals surface area contributed by atoms with E-state index in [9.17, 15) is 4.79 Å². The molecule has 7 heteroatoms. The number of hydrogen-bond acceptors (Lipinski definition) is 6. The van der Waals surface area contributed by atoms with Crippen LogP contribution in [-0.2, 0) is 16.1 Å². The lowest BCUT2D eigenvalue weighted by Crippen LogP contribution is -2.13. The Morgan fingerprint density at radius 1 is 1.43 bits per heavy atom. The summed E-state index contributed by atoms with van der Waals surface area (Å²) in [5.41, 5.74) is 0.906. The number of rotatable bonds is 6. The molecule has 21 heavy (non-hydrogen) atoms. The smallest absolute Gasteiger partial charge is 0.316 e. The van der Waals surface area contributed by atoms with Crippen LogP contribution in [0.4, 0.5) is 0 Å². The van der Waals surface area contributed by atoms with Gasteiger partial charge in [0.25, 0.3) is 0 Å². The monoisotopic (exact) mass is 306 g/mol. The number of hydrogen-bond donors (Lipinski definition) is 0. The summed E-state index contributed by atoms with van der Waals surface area (Å²) in [7, 11) is 0. The third-order valence-electron chi connectivity index (χ3n) is 2.64. The number of ether oxygens (including phenoxy) is 1. The first-order valence-electron chi connectivity index (χ1n) is 6.77. The third-order valence-corrected chi connectivity index (χ3v) is 3.58. The van der Waals surface area contributed by atoms with Crippen molar-refractivity contribution in [3.8, 4) is 11.4 Å². The highest BCUT2D eigenvalue weighted by molar-refractivity contribution is 7.99. The lowest BCUT2D eigenvalue weighted by atomic mass is 10.3. The second-order valence-corrected chi connectivity index (χ2v) is 5.56. The lowest BCUT2D eigenvalue weighted by molar-refractivity contribution is -0.144. The highest BCUT2D eigenvalue weighted by atomic mass is 32.2. The molecule has 0 N–H and O–H groups in total. The Morgan fingerprint density at radius 3 is 2.86 bits per heavy atom. The van der Waals surface area contributed by atoms with Crippen LogP contribution in [0.5, 0.6) is 0 Å². The molecule has 0 saturated heterocycles. The quantitative estimate of drug-likeness (QED) is 0.603. The van der Waals surface area contributed by atoms with Gasteiger partial charge in [-0.1, -0.05) is 11.8 Å². The summed E-state index contributed by atoms with van der Waals surface area (Å²) in [6, 6.07) is 3.79. The van der Waals surface area contributed by atoms with Crippen molar-refractivity contribution in [2.75, 3.05) is 5.75 Å². The van der Waals surface area contributed by atoms with Gasteiger partial charge in [-0.15, -0.1) is 10.2 Å². The van der Waals surface area contributed by atoms with Crippen LogP contribution in [0.3, 0.4) is 0 Å². The second-order valence-electron chi connectivity index (χ2n) is 4.62. The van der Waals surface area contributed by atoms with Gasteiger partial charge in [0.2, 0.25) is 0 Å². The van der Waals surface area contributed by atoms with E-state index in [4.69, 9.17) is 4.74 Å². The van der Waals surface area contributed by atoms with Crippen LogP contribution in [0.25, 0.3) is 11.4 Å². The van der Waals surface area contributed by atoms with Gasteiger partial charge in [0.05, 0.1) is 11.9 Å². The minimum atomic E-state index is -0.247. The summed E-state index contributed by atoms with van der Waals surface area (Å²) in [4.78, 5) is 15.7. The van der Waals surface area contributed by atoms with Crippen molar-refractivity contribution in [1.29, 1.82) is 0 Å². The van der Waals surface area contributed by atoms with E-state index < -0.39 is 0 Å². The number of carbonyl (C=O) groups excluding carboxylic acids is 1. The predicted molar refractivity (Wildman–Crippen MR) is 80.9 cm³/mol. The molecule has 0 spiro atoms. The van der Waals surface area contributed by atoms with E-state index in [-0.39, 0.29) is 17.8 Å². The Bertz CT molecular complexity index is 598. The maximum Gasteiger partial charge on any atom is 0.316 e. The van der Waals surface area contributed by atoms with Crippen molar-refractivity contribution >= 4 is 17.7 Å². The molecular formula is C14H18N4O2S. The van der Waals surface area contributed by atoms with Crippen LogP contribution in [-0.4, -0.2) is 37.6 Å². The van der Waals surface area contributed by atoms with Gasteiger partial charge in [-0.3, -0.25) is 9.78 Å². The van der Waals surface area contributed by atoms with E-state index in [0.29, 0.717) is 5.16 Å². The summed E-state index contributed by atoms with van der Waals surface area (Å²) in [6.45, 7) is 6.40. The van der Waals surface area contributed by atoms with Gasteiger partial charge in [-0.05, 0) is 32.9 Å². The summed E-state index contributed by atoms with van der Waals surface area (Å²) < 4.78 is 7.07. The van der Waals surface area contributed by atoms with Gasteiger partial charge in [-0.25, -0.2) is 0 Å². The van der Waals surface area contributed by atoms with Crippen LogP contribution in [0.2, 0.25) is 0 Å². The molecule has 0 fully saturated rings. The normalized spacial score (nSPS) is 10.9. The molecule has 0 unspecified atom stereocenters. The molecule has 2 aromatic rings. The number of thioether (sulfide) groups is 1. The van der Waals surface area contributed by atoms with Crippen LogP contribution in [0.1, 0.15) is 20.8 Å². The number of aromatic nitrogens is 4. The molecule has 0 amide bonds. The predicted octanol–water partition coefficient (Wildman–Crippen LogP) is 2.40. The van der Waals surface area contributed by atoms with E-state index >= 15 is 0 Å². The molecule has 6 nitrogen and oxygen atoms in total. The van der Waals surface area contributed by atoms with Crippen molar-refractivity contribution in [2.24, 2.45) is 0 Å². The molecule has 112 valence electrons. The summed E-state index contributed by atoms with van der Waals surface area (Å²) >= 11 is 1.33. The molecule has 0 aromatic carbocycles. The molecule has 2 aromatic heterocycles. The average molecular weight is 306 g/mol. The number of nitrogens with zero attached hydrogens (tertiary/aromatic N) is 4. The van der Waals surface area contributed by atoms with Crippen molar-refractivity contribution in [3.05, 3.63) is 24.5 Å². The first kappa shape index (κ1) is 15.5. The molecule has 0 aliphatic heterocycles. The fourth-order valence-corrected chi connectivity index (χ4v) is 2.59. The van der Waals surface area contributed by atoms with Gasteiger partial charge in [0.15, 0.2) is 11.0 Å². The molecule has 0 bridgehead atoms. The highest BCUT2D eigenvalue weighted by Crippen LogP contribution is 2.23. The minimum absolute atomic E-state index is 0.104. The fourth-order valence-electron chi connectivity index (χ4n) is 1.81. The topological polar surface area (TPSA) is 69.9 Å². The van der Waals surface area contributed by atoms with Crippen LogP contribution in [0.15, 0.2) is 29.7 Å². The Labute approximate surface area is 127 Å². The Morgan fingerprint density at radius 2 is 2.24 bits per heavy atom. The molecule has 0 aliphatic rings. The summed E-state index contributed by atoms with van der Waals surface area (Å²) in [5.74, 6) is 0.734. The summed E-state index contributed by atoms with van der Waals surface area (Å²) in [6.07, 6.45) is 3.36. The molecular weight excluding hydrogens is 288 g/mol. The Hall–Kier alpha value is -1.89. The molecule has 0 radical (unpaired) electrons. The van der Waals surface area contributed by atoms with Crippen LogP contribution < -0.4 is 0 Å². The van der Waals surface area contributed by atoms with Gasteiger partial charge < -0.3 is 9.30 Å². The molecule has 2 heterocycles. The highest BCUT2D eigenvalue weighted by Gasteiger charge is 2.15. The van der Waals surface area contributed by atoms with E-state index in [1.54, 1.807) is 12.4 Å². The number of carbonyl (C=O) groups is 1. The largest absolute Gasteiger partial charge is 0.462 e. The Kier molecular flexibility index (Phi) is 5.32. The lowest BCUT2D eigenvalue weighted by Gasteiger charge is -2.08. The van der Waals surface area contributed by atoms with E-state index in [0.717, 1.165) is 17.9 Å². The third kappa shape index (κ3) is 4.04. The van der Waals surface area contributed by atoms with E-state index in [2.05, 4.69) is 15.2 Å². The zero-order valence-corrected chi connectivity index (χ0v) is 13.1. The first-order valence-corrected chi connectivity index (χ1v) is 7.76.